The first-order chi connectivity index (χ1) is 9.33. The van der Waals surface area contributed by atoms with Gasteiger partial charge in [-0.3, -0.25) is 4.98 Å². The lowest BCUT2D eigenvalue weighted by Crippen LogP contribution is -2.46. The third-order valence-electron chi connectivity index (χ3n) is 3.29. The molecule has 98 valence electrons. The van der Waals surface area contributed by atoms with Crippen molar-refractivity contribution < 1.29 is 0 Å². The zero-order chi connectivity index (χ0) is 13.1. The van der Waals surface area contributed by atoms with Crippen molar-refractivity contribution in [3.05, 3.63) is 36.9 Å². The molecule has 0 bridgehead atoms. The number of piperazine rings is 1. The Kier molecular flexibility index (Phi) is 3.14. The molecule has 2 aromatic heterocycles. The highest BCUT2D eigenvalue weighted by molar-refractivity contribution is 5.50. The lowest BCUT2D eigenvalue weighted by molar-refractivity contribution is 0.645. The van der Waals surface area contributed by atoms with Gasteiger partial charge >= 0.3 is 0 Å². The summed E-state index contributed by atoms with van der Waals surface area (Å²) in [6.07, 6.45) is 7.05. The van der Waals surface area contributed by atoms with E-state index >= 15 is 0 Å². The standard InChI is InChI=1S/C13H16N6/c14-12-2-1-11(9-17-12)18-5-7-19(8-6-18)13-10-15-3-4-16-13/h1-4,9-10H,5-8H2,(H2,14,17). The van der Waals surface area contributed by atoms with Crippen molar-refractivity contribution >= 4 is 17.3 Å². The average Bonchev–Trinajstić information content (AvgIpc) is 2.49. The first-order valence-corrected chi connectivity index (χ1v) is 6.30. The highest BCUT2D eigenvalue weighted by Crippen LogP contribution is 2.18. The summed E-state index contributed by atoms with van der Waals surface area (Å²) in [5.74, 6) is 1.50. The number of pyridine rings is 1. The van der Waals surface area contributed by atoms with Gasteiger partial charge in [-0.15, -0.1) is 0 Å². The van der Waals surface area contributed by atoms with Gasteiger partial charge in [0.25, 0.3) is 0 Å². The molecule has 0 unspecified atom stereocenters. The number of nitrogens with zero attached hydrogens (tertiary/aromatic N) is 5. The summed E-state index contributed by atoms with van der Waals surface area (Å²) in [4.78, 5) is 17.1. The Balaban J connectivity index is 1.65. The zero-order valence-corrected chi connectivity index (χ0v) is 10.6. The van der Waals surface area contributed by atoms with Gasteiger partial charge < -0.3 is 15.5 Å². The maximum Gasteiger partial charge on any atom is 0.147 e. The van der Waals surface area contributed by atoms with Crippen LogP contribution in [0.1, 0.15) is 0 Å². The lowest BCUT2D eigenvalue weighted by atomic mass is 10.2. The largest absolute Gasteiger partial charge is 0.384 e. The van der Waals surface area contributed by atoms with Gasteiger partial charge in [0.05, 0.1) is 18.1 Å². The fourth-order valence-electron chi connectivity index (χ4n) is 2.23. The fraction of sp³-hybridized carbons (Fsp3) is 0.308. The predicted molar refractivity (Wildman–Crippen MR) is 75.1 cm³/mol. The van der Waals surface area contributed by atoms with E-state index in [1.807, 2.05) is 18.3 Å². The van der Waals surface area contributed by atoms with Crippen molar-refractivity contribution in [2.75, 3.05) is 41.7 Å². The van der Waals surface area contributed by atoms with Crippen LogP contribution in [-0.4, -0.2) is 41.1 Å². The smallest absolute Gasteiger partial charge is 0.147 e. The maximum atomic E-state index is 5.60. The van der Waals surface area contributed by atoms with Crippen LogP contribution in [0.15, 0.2) is 36.9 Å². The van der Waals surface area contributed by atoms with E-state index in [0.29, 0.717) is 5.82 Å². The van der Waals surface area contributed by atoms with E-state index in [4.69, 9.17) is 5.73 Å². The van der Waals surface area contributed by atoms with Crippen molar-refractivity contribution in [1.82, 2.24) is 15.0 Å². The van der Waals surface area contributed by atoms with Crippen LogP contribution < -0.4 is 15.5 Å². The molecule has 6 nitrogen and oxygen atoms in total. The molecule has 3 heterocycles. The van der Waals surface area contributed by atoms with Crippen LogP contribution in [0, 0.1) is 0 Å². The first-order valence-electron chi connectivity index (χ1n) is 6.30. The molecule has 0 atom stereocenters. The number of aromatic nitrogens is 3. The predicted octanol–water partition coefficient (Wildman–Crippen LogP) is 0.780. The fourth-order valence-corrected chi connectivity index (χ4v) is 2.23. The summed E-state index contributed by atoms with van der Waals surface area (Å²) in [5, 5.41) is 0. The number of rotatable bonds is 2. The van der Waals surface area contributed by atoms with Gasteiger partial charge in [0, 0.05) is 38.6 Å². The molecule has 2 N–H and O–H groups in total. The Morgan fingerprint density at radius 1 is 0.895 bits per heavy atom. The highest BCUT2D eigenvalue weighted by Gasteiger charge is 2.18. The summed E-state index contributed by atoms with van der Waals surface area (Å²) in [7, 11) is 0. The van der Waals surface area contributed by atoms with E-state index in [1.165, 1.54) is 0 Å². The summed E-state index contributed by atoms with van der Waals surface area (Å²) < 4.78 is 0. The number of nitrogens with two attached hydrogens (primary N) is 1. The Bertz CT molecular complexity index is 519. The summed E-state index contributed by atoms with van der Waals surface area (Å²) in [6.45, 7) is 3.76. The Morgan fingerprint density at radius 2 is 1.68 bits per heavy atom. The Morgan fingerprint density at radius 3 is 2.32 bits per heavy atom. The molecule has 6 heteroatoms. The van der Waals surface area contributed by atoms with Crippen LogP contribution in [-0.2, 0) is 0 Å². The minimum atomic E-state index is 0.557. The van der Waals surface area contributed by atoms with E-state index < -0.39 is 0 Å². The van der Waals surface area contributed by atoms with Crippen LogP contribution in [0.3, 0.4) is 0 Å². The molecule has 1 saturated heterocycles. The van der Waals surface area contributed by atoms with Crippen molar-refractivity contribution in [3.8, 4) is 0 Å². The second kappa shape index (κ2) is 5.09. The van der Waals surface area contributed by atoms with E-state index in [1.54, 1.807) is 18.6 Å². The molecule has 0 aliphatic carbocycles. The van der Waals surface area contributed by atoms with E-state index in [-0.39, 0.29) is 0 Å². The Hall–Kier alpha value is -2.37. The molecule has 0 amide bonds. The van der Waals surface area contributed by atoms with E-state index in [0.717, 1.165) is 37.7 Å². The zero-order valence-electron chi connectivity index (χ0n) is 10.6. The lowest BCUT2D eigenvalue weighted by Gasteiger charge is -2.36. The molecule has 0 spiro atoms. The molecule has 19 heavy (non-hydrogen) atoms. The first kappa shape index (κ1) is 11.7. The minimum absolute atomic E-state index is 0.557. The molecular formula is C13H16N6. The molecular weight excluding hydrogens is 240 g/mol. The molecule has 0 aromatic carbocycles. The van der Waals surface area contributed by atoms with Crippen LogP contribution in [0.2, 0.25) is 0 Å². The molecule has 0 saturated carbocycles. The number of hydrogen-bond acceptors (Lipinski definition) is 6. The minimum Gasteiger partial charge on any atom is -0.384 e. The van der Waals surface area contributed by atoms with Crippen molar-refractivity contribution in [2.45, 2.75) is 0 Å². The summed E-state index contributed by atoms with van der Waals surface area (Å²) >= 11 is 0. The quantitative estimate of drug-likeness (QED) is 0.856. The van der Waals surface area contributed by atoms with Gasteiger partial charge in [0.1, 0.15) is 11.6 Å². The van der Waals surface area contributed by atoms with Crippen molar-refractivity contribution in [2.24, 2.45) is 0 Å². The van der Waals surface area contributed by atoms with E-state index in [2.05, 4.69) is 24.8 Å². The second-order valence-corrected chi connectivity index (χ2v) is 4.48. The molecule has 1 fully saturated rings. The monoisotopic (exact) mass is 256 g/mol. The van der Waals surface area contributed by atoms with Gasteiger partial charge in [-0.25, -0.2) is 9.97 Å². The Labute approximate surface area is 111 Å². The molecule has 2 aromatic rings. The topological polar surface area (TPSA) is 71.2 Å². The van der Waals surface area contributed by atoms with Crippen LogP contribution in [0.5, 0.6) is 0 Å². The normalized spacial score (nSPS) is 15.6. The van der Waals surface area contributed by atoms with Gasteiger partial charge in [-0.1, -0.05) is 0 Å². The molecule has 1 aliphatic rings. The van der Waals surface area contributed by atoms with Gasteiger partial charge in [0.2, 0.25) is 0 Å². The van der Waals surface area contributed by atoms with Crippen LogP contribution in [0.4, 0.5) is 17.3 Å². The summed E-state index contributed by atoms with van der Waals surface area (Å²) in [5.41, 5.74) is 6.72. The average molecular weight is 256 g/mol. The van der Waals surface area contributed by atoms with Crippen molar-refractivity contribution in [1.29, 1.82) is 0 Å². The van der Waals surface area contributed by atoms with Gasteiger partial charge in [-0.05, 0) is 12.1 Å². The molecule has 1 aliphatic heterocycles. The molecule has 0 radical (unpaired) electrons. The molecule has 3 rings (SSSR count). The summed E-state index contributed by atoms with van der Waals surface area (Å²) in [6, 6.07) is 3.85. The second-order valence-electron chi connectivity index (χ2n) is 4.48. The van der Waals surface area contributed by atoms with Gasteiger partial charge in [0.15, 0.2) is 0 Å². The number of anilines is 3. The third-order valence-corrected chi connectivity index (χ3v) is 3.29. The third kappa shape index (κ3) is 2.57. The SMILES string of the molecule is Nc1ccc(N2CCN(c3cnccn3)CC2)cn1. The number of nitrogen functional groups attached to an aromatic ring is 1. The highest BCUT2D eigenvalue weighted by atomic mass is 15.3. The maximum absolute atomic E-state index is 5.60. The van der Waals surface area contributed by atoms with Crippen LogP contribution in [0.25, 0.3) is 0 Å². The van der Waals surface area contributed by atoms with Crippen LogP contribution >= 0.6 is 0 Å². The van der Waals surface area contributed by atoms with Gasteiger partial charge in [-0.2, -0.15) is 0 Å². The number of hydrogen-bond donors (Lipinski definition) is 1. The van der Waals surface area contributed by atoms with Crippen molar-refractivity contribution in [3.63, 3.8) is 0 Å². The van der Waals surface area contributed by atoms with E-state index in [9.17, 15) is 0 Å².